The minimum absolute atomic E-state index is 0.357. The van der Waals surface area contributed by atoms with Crippen molar-refractivity contribution in [3.8, 4) is 0 Å². The molecule has 1 unspecified atom stereocenters. The van der Waals surface area contributed by atoms with Gasteiger partial charge in [0.2, 0.25) is 0 Å². The highest BCUT2D eigenvalue weighted by Gasteiger charge is 2.27. The van der Waals surface area contributed by atoms with Gasteiger partial charge in [-0.05, 0) is 112 Å². The van der Waals surface area contributed by atoms with E-state index >= 15 is 0 Å². The quantitative estimate of drug-likeness (QED) is 0.556. The average molecular weight is 440 g/mol. The summed E-state index contributed by atoms with van der Waals surface area (Å²) >= 11 is 0. The summed E-state index contributed by atoms with van der Waals surface area (Å²) in [5.74, 6) is 0.692. The maximum absolute atomic E-state index is 4.56. The minimum atomic E-state index is 0.357. The van der Waals surface area contributed by atoms with Crippen molar-refractivity contribution in [3.05, 3.63) is 107 Å². The van der Waals surface area contributed by atoms with Crippen molar-refractivity contribution in [2.45, 2.75) is 51.0 Å². The molecule has 2 aliphatic heterocycles. The molecule has 2 heterocycles. The fraction of sp³-hybridized carbons (Fsp3) is 0.400. The number of hydrogen-bond donors (Lipinski definition) is 1. The molecule has 3 nitrogen and oxygen atoms in total. The molecule has 0 radical (unpaired) electrons. The zero-order valence-corrected chi connectivity index (χ0v) is 20.0. The van der Waals surface area contributed by atoms with E-state index in [1.807, 2.05) is 0 Å². The number of piperidine rings is 1. The van der Waals surface area contributed by atoms with Gasteiger partial charge in [0.25, 0.3) is 0 Å². The van der Waals surface area contributed by atoms with Gasteiger partial charge in [0.15, 0.2) is 0 Å². The molecule has 3 aliphatic carbocycles. The predicted molar refractivity (Wildman–Crippen MR) is 139 cm³/mol. The van der Waals surface area contributed by atoms with E-state index in [-0.39, 0.29) is 0 Å². The molecule has 0 saturated carbocycles. The van der Waals surface area contributed by atoms with Crippen LogP contribution in [0.2, 0.25) is 0 Å². The molecule has 0 amide bonds. The Morgan fingerprint density at radius 3 is 2.64 bits per heavy atom. The summed E-state index contributed by atoms with van der Waals surface area (Å²) in [5.41, 5.74) is 7.74. The topological polar surface area (TPSA) is 18.5 Å². The van der Waals surface area contributed by atoms with Crippen LogP contribution >= 0.6 is 0 Å². The minimum Gasteiger partial charge on any atom is -0.358 e. The molecule has 0 bridgehead atoms. The lowest BCUT2D eigenvalue weighted by Gasteiger charge is -2.37. The second kappa shape index (κ2) is 10.0. The standard InChI is InChI=1S/C30H37N3/c1-23-28-14-6-7-16-30(28)33(19-9-15-29(23)31-26-11-4-3-5-12-26)27-13-8-10-25(22-27)24-17-20-32(2)21-18-24/h3-4,7-11,15-16,19,22,24,27,31H,1,5-6,12-14,17-18,20-21H2,2H3/b19-9-,29-15?. The molecule has 0 aromatic heterocycles. The number of nitrogens with one attached hydrogen (secondary N) is 1. The Kier molecular flexibility index (Phi) is 6.68. The van der Waals surface area contributed by atoms with E-state index in [0.717, 1.165) is 43.4 Å². The van der Waals surface area contributed by atoms with Crippen molar-refractivity contribution in [3.63, 3.8) is 0 Å². The molecule has 0 aromatic carbocycles. The van der Waals surface area contributed by atoms with Gasteiger partial charge in [0.05, 0.1) is 6.04 Å². The van der Waals surface area contributed by atoms with E-state index in [0.29, 0.717) is 12.0 Å². The molecular formula is C30H37N3. The van der Waals surface area contributed by atoms with Crippen LogP contribution in [0.4, 0.5) is 0 Å². The Bertz CT molecular complexity index is 1020. The number of allylic oxidation sites excluding steroid dienone is 11. The first-order valence-electron chi connectivity index (χ1n) is 12.6. The molecule has 172 valence electrons. The highest BCUT2D eigenvalue weighted by molar-refractivity contribution is 5.53. The van der Waals surface area contributed by atoms with Crippen molar-refractivity contribution in [1.29, 1.82) is 0 Å². The van der Waals surface area contributed by atoms with E-state index in [1.54, 1.807) is 0 Å². The largest absolute Gasteiger partial charge is 0.358 e. The number of nitrogens with zero attached hydrogens (tertiary/aromatic N) is 2. The van der Waals surface area contributed by atoms with E-state index in [9.17, 15) is 0 Å². The summed E-state index contributed by atoms with van der Waals surface area (Å²) in [4.78, 5) is 4.94. The lowest BCUT2D eigenvalue weighted by atomic mass is 9.84. The Balaban J connectivity index is 1.43. The molecule has 5 rings (SSSR count). The van der Waals surface area contributed by atoms with Gasteiger partial charge in [0.1, 0.15) is 0 Å². The van der Waals surface area contributed by atoms with Crippen LogP contribution in [0.15, 0.2) is 107 Å². The fourth-order valence-electron chi connectivity index (χ4n) is 5.56. The summed E-state index contributed by atoms with van der Waals surface area (Å²) in [7, 11) is 2.24. The van der Waals surface area contributed by atoms with Gasteiger partial charge in [-0.15, -0.1) is 0 Å². The molecular weight excluding hydrogens is 402 g/mol. The molecule has 1 fully saturated rings. The summed E-state index contributed by atoms with van der Waals surface area (Å²) in [5, 5.41) is 3.67. The Hall–Kier alpha value is -2.78. The molecule has 33 heavy (non-hydrogen) atoms. The van der Waals surface area contributed by atoms with Crippen molar-refractivity contribution in [2.75, 3.05) is 20.1 Å². The monoisotopic (exact) mass is 439 g/mol. The molecule has 1 N–H and O–H groups in total. The van der Waals surface area contributed by atoms with E-state index < -0.39 is 0 Å². The Morgan fingerprint density at radius 2 is 1.82 bits per heavy atom. The zero-order chi connectivity index (χ0) is 22.6. The second-order valence-electron chi connectivity index (χ2n) is 9.85. The van der Waals surface area contributed by atoms with Gasteiger partial charge in [-0.3, -0.25) is 0 Å². The SMILES string of the molecule is C=C1C(NC2=CC=CCC2)=C/C=C\N(C2C=C(C3CCN(C)CC3)C=CC2)C2=C1CCC=C2. The van der Waals surface area contributed by atoms with Crippen LogP contribution in [0.5, 0.6) is 0 Å². The maximum Gasteiger partial charge on any atom is 0.0556 e. The maximum atomic E-state index is 4.56. The molecule has 0 spiro atoms. The van der Waals surface area contributed by atoms with Gasteiger partial charge in [-0.25, -0.2) is 0 Å². The Labute approximate surface area is 199 Å². The first-order chi connectivity index (χ1) is 16.2. The van der Waals surface area contributed by atoms with Crippen molar-refractivity contribution in [1.82, 2.24) is 15.1 Å². The number of rotatable bonds is 4. The summed E-state index contributed by atoms with van der Waals surface area (Å²) in [6, 6.07) is 0.357. The second-order valence-corrected chi connectivity index (χ2v) is 9.85. The Morgan fingerprint density at radius 1 is 0.970 bits per heavy atom. The lowest BCUT2D eigenvalue weighted by Crippen LogP contribution is -2.34. The molecule has 1 saturated heterocycles. The van der Waals surface area contributed by atoms with Crippen LogP contribution in [0.3, 0.4) is 0 Å². The van der Waals surface area contributed by atoms with Gasteiger partial charge in [-0.1, -0.05) is 43.0 Å². The van der Waals surface area contributed by atoms with Crippen LogP contribution in [0.1, 0.15) is 44.9 Å². The highest BCUT2D eigenvalue weighted by atomic mass is 15.2. The average Bonchev–Trinajstić information content (AvgIpc) is 2.86. The van der Waals surface area contributed by atoms with Gasteiger partial charge < -0.3 is 15.1 Å². The molecule has 1 atom stereocenters. The van der Waals surface area contributed by atoms with Gasteiger partial charge >= 0.3 is 0 Å². The molecule has 5 aliphatic rings. The first-order valence-corrected chi connectivity index (χ1v) is 12.6. The summed E-state index contributed by atoms with van der Waals surface area (Å²) in [6.45, 7) is 6.97. The predicted octanol–water partition coefficient (Wildman–Crippen LogP) is 6.28. The van der Waals surface area contributed by atoms with Crippen molar-refractivity contribution in [2.24, 2.45) is 5.92 Å². The van der Waals surface area contributed by atoms with E-state index in [4.69, 9.17) is 0 Å². The third kappa shape index (κ3) is 4.94. The van der Waals surface area contributed by atoms with E-state index in [1.165, 1.54) is 48.5 Å². The van der Waals surface area contributed by atoms with Crippen molar-refractivity contribution >= 4 is 0 Å². The van der Waals surface area contributed by atoms with E-state index in [2.05, 4.69) is 95.7 Å². The third-order valence-electron chi connectivity index (χ3n) is 7.55. The smallest absolute Gasteiger partial charge is 0.0556 e. The number of likely N-dealkylation sites (tertiary alicyclic amines) is 1. The molecule has 0 aromatic rings. The normalized spacial score (nSPS) is 27.4. The first kappa shape index (κ1) is 22.0. The summed E-state index contributed by atoms with van der Waals surface area (Å²) in [6.07, 6.45) is 33.1. The molecule has 3 heteroatoms. The van der Waals surface area contributed by atoms with Crippen LogP contribution in [0, 0.1) is 5.92 Å². The highest BCUT2D eigenvalue weighted by Crippen LogP contribution is 2.36. The zero-order valence-electron chi connectivity index (χ0n) is 20.0. The van der Waals surface area contributed by atoms with Crippen LogP contribution in [-0.4, -0.2) is 36.0 Å². The van der Waals surface area contributed by atoms with Crippen LogP contribution < -0.4 is 5.32 Å². The van der Waals surface area contributed by atoms with Crippen LogP contribution in [-0.2, 0) is 0 Å². The van der Waals surface area contributed by atoms with Gasteiger partial charge in [-0.2, -0.15) is 0 Å². The van der Waals surface area contributed by atoms with Gasteiger partial charge in [0, 0.05) is 23.3 Å². The fourth-order valence-corrected chi connectivity index (χ4v) is 5.56. The number of hydrogen-bond acceptors (Lipinski definition) is 3. The third-order valence-corrected chi connectivity index (χ3v) is 7.55. The van der Waals surface area contributed by atoms with Crippen LogP contribution in [0.25, 0.3) is 0 Å². The van der Waals surface area contributed by atoms with Crippen molar-refractivity contribution < 1.29 is 0 Å². The summed E-state index contributed by atoms with van der Waals surface area (Å²) < 4.78 is 0. The lowest BCUT2D eigenvalue weighted by molar-refractivity contribution is 0.238.